The van der Waals surface area contributed by atoms with E-state index in [1.54, 1.807) is 0 Å². The fourth-order valence-corrected chi connectivity index (χ4v) is 1.95. The Morgan fingerprint density at radius 3 is 2.56 bits per heavy atom. The van der Waals surface area contributed by atoms with E-state index in [1.807, 2.05) is 11.3 Å². The highest BCUT2D eigenvalue weighted by atomic mass is 32.2. The molecule has 1 rings (SSSR count). The molecule has 0 fully saturated rings. The molecule has 98 valence electrons. The van der Waals surface area contributed by atoms with Gasteiger partial charge in [0, 0.05) is 13.1 Å². The molecule has 0 aliphatic carbocycles. The fourth-order valence-electron chi connectivity index (χ4n) is 1.46. The smallest absolute Gasteiger partial charge is 0.191 e. The van der Waals surface area contributed by atoms with Crippen LogP contribution in [0.15, 0.2) is 15.4 Å². The lowest BCUT2D eigenvalue weighted by atomic mass is 10.4. The molecule has 0 saturated carbocycles. The normalized spacial score (nSPS) is 10.8. The van der Waals surface area contributed by atoms with Crippen LogP contribution in [0.2, 0.25) is 0 Å². The third-order valence-electron chi connectivity index (χ3n) is 2.25. The summed E-state index contributed by atoms with van der Waals surface area (Å²) in [7, 11) is 0. The number of nitrogens with zero attached hydrogens (tertiary/aromatic N) is 5. The Labute approximate surface area is 111 Å². The lowest BCUT2D eigenvalue weighted by Crippen LogP contribution is -2.18. The molecular weight excluding hydrogens is 248 g/mol. The molecule has 0 unspecified atom stereocenters. The summed E-state index contributed by atoms with van der Waals surface area (Å²) in [5.74, 6) is 0.430. The van der Waals surface area contributed by atoms with Gasteiger partial charge < -0.3 is 0 Å². The first-order chi connectivity index (χ1) is 8.76. The van der Waals surface area contributed by atoms with Crippen molar-refractivity contribution >= 4 is 17.6 Å². The SMILES string of the molecule is CCCN(CCC)/N=N/c1[nH]nc(SC)c1C#N. The van der Waals surface area contributed by atoms with Crippen LogP contribution in [0.4, 0.5) is 5.82 Å². The minimum Gasteiger partial charge on any atom is -0.278 e. The molecule has 0 spiro atoms. The van der Waals surface area contributed by atoms with Crippen molar-refractivity contribution < 1.29 is 0 Å². The number of hydrogen-bond acceptors (Lipinski definition) is 5. The first kappa shape index (κ1) is 14.5. The maximum atomic E-state index is 9.05. The second-order valence-electron chi connectivity index (χ2n) is 3.71. The zero-order chi connectivity index (χ0) is 13.4. The molecule has 0 bridgehead atoms. The van der Waals surface area contributed by atoms with Crippen LogP contribution in [0.5, 0.6) is 0 Å². The quantitative estimate of drug-likeness (QED) is 0.467. The van der Waals surface area contributed by atoms with Gasteiger partial charge in [-0.05, 0) is 19.1 Å². The van der Waals surface area contributed by atoms with E-state index in [0.29, 0.717) is 16.4 Å². The van der Waals surface area contributed by atoms with Crippen LogP contribution in [-0.2, 0) is 0 Å². The van der Waals surface area contributed by atoms with Crippen molar-refractivity contribution in [1.29, 1.82) is 5.26 Å². The van der Waals surface area contributed by atoms with Crippen LogP contribution in [0.3, 0.4) is 0 Å². The lowest BCUT2D eigenvalue weighted by Gasteiger charge is -2.14. The lowest BCUT2D eigenvalue weighted by molar-refractivity contribution is 0.270. The number of hydrogen-bond donors (Lipinski definition) is 1. The third kappa shape index (κ3) is 3.74. The predicted octanol–water partition coefficient (Wildman–Crippen LogP) is 3.12. The Balaban J connectivity index is 2.82. The van der Waals surface area contributed by atoms with Gasteiger partial charge in [-0.25, -0.2) is 0 Å². The van der Waals surface area contributed by atoms with E-state index in [-0.39, 0.29) is 0 Å². The molecular formula is C11H18N6S. The number of nitrogens with one attached hydrogen (secondary N) is 1. The zero-order valence-electron chi connectivity index (χ0n) is 11.0. The Morgan fingerprint density at radius 1 is 1.39 bits per heavy atom. The van der Waals surface area contributed by atoms with E-state index < -0.39 is 0 Å². The second kappa shape index (κ2) is 7.71. The molecule has 0 aliphatic heterocycles. The molecule has 18 heavy (non-hydrogen) atoms. The maximum absolute atomic E-state index is 9.05. The molecule has 0 saturated heterocycles. The van der Waals surface area contributed by atoms with Crippen LogP contribution in [-0.4, -0.2) is 34.6 Å². The van der Waals surface area contributed by atoms with Gasteiger partial charge in [-0.3, -0.25) is 10.1 Å². The topological polar surface area (TPSA) is 80.4 Å². The van der Waals surface area contributed by atoms with Crippen molar-refractivity contribution in [3.8, 4) is 6.07 Å². The Bertz CT molecular complexity index is 427. The zero-order valence-corrected chi connectivity index (χ0v) is 11.8. The number of nitriles is 1. The summed E-state index contributed by atoms with van der Waals surface area (Å²) < 4.78 is 0. The van der Waals surface area contributed by atoms with Crippen molar-refractivity contribution in [1.82, 2.24) is 15.2 Å². The van der Waals surface area contributed by atoms with Crippen LogP contribution in [0, 0.1) is 11.3 Å². The van der Waals surface area contributed by atoms with Gasteiger partial charge in [-0.15, -0.1) is 16.9 Å². The summed E-state index contributed by atoms with van der Waals surface area (Å²) in [6.45, 7) is 5.92. The summed E-state index contributed by atoms with van der Waals surface area (Å²) in [4.78, 5) is 0. The molecule has 0 atom stereocenters. The Kier molecular flexibility index (Phi) is 6.22. The Morgan fingerprint density at radius 2 is 2.06 bits per heavy atom. The van der Waals surface area contributed by atoms with Gasteiger partial charge in [0.25, 0.3) is 0 Å². The van der Waals surface area contributed by atoms with E-state index in [9.17, 15) is 0 Å². The van der Waals surface area contributed by atoms with E-state index >= 15 is 0 Å². The standard InChI is InChI=1S/C11H18N6S/c1-4-6-17(7-5-2)16-14-10-9(8-12)11(18-3)15-13-10/h4-7H2,1-3H3,(H,13,15)/b16-14+. The molecule has 6 nitrogen and oxygen atoms in total. The molecule has 0 aliphatic rings. The Hall–Kier alpha value is -1.55. The van der Waals surface area contributed by atoms with E-state index in [2.05, 4.69) is 40.5 Å². The van der Waals surface area contributed by atoms with Crippen molar-refractivity contribution in [3.05, 3.63) is 5.56 Å². The summed E-state index contributed by atoms with van der Waals surface area (Å²) in [6.07, 6.45) is 3.91. The van der Waals surface area contributed by atoms with E-state index in [4.69, 9.17) is 5.26 Å². The highest BCUT2D eigenvalue weighted by Gasteiger charge is 2.11. The summed E-state index contributed by atoms with van der Waals surface area (Å²) >= 11 is 1.42. The fraction of sp³-hybridized carbons (Fsp3) is 0.636. The molecule has 1 N–H and O–H groups in total. The number of rotatable bonds is 7. The van der Waals surface area contributed by atoms with Gasteiger partial charge in [-0.2, -0.15) is 10.4 Å². The molecule has 0 amide bonds. The monoisotopic (exact) mass is 266 g/mol. The van der Waals surface area contributed by atoms with Crippen molar-refractivity contribution in [2.24, 2.45) is 10.3 Å². The van der Waals surface area contributed by atoms with Gasteiger partial charge in [0.1, 0.15) is 16.7 Å². The van der Waals surface area contributed by atoms with E-state index in [1.165, 1.54) is 11.8 Å². The number of thioether (sulfide) groups is 1. The second-order valence-corrected chi connectivity index (χ2v) is 4.51. The first-order valence-electron chi connectivity index (χ1n) is 5.95. The molecule has 1 heterocycles. The van der Waals surface area contributed by atoms with Gasteiger partial charge in [-0.1, -0.05) is 19.1 Å². The van der Waals surface area contributed by atoms with Crippen molar-refractivity contribution in [2.45, 2.75) is 31.7 Å². The number of aromatic nitrogens is 2. The molecule has 0 radical (unpaired) electrons. The van der Waals surface area contributed by atoms with Gasteiger partial charge >= 0.3 is 0 Å². The first-order valence-corrected chi connectivity index (χ1v) is 7.18. The summed E-state index contributed by atoms with van der Waals surface area (Å²) in [5, 5.41) is 26.6. The van der Waals surface area contributed by atoms with Crippen molar-refractivity contribution in [3.63, 3.8) is 0 Å². The van der Waals surface area contributed by atoms with Crippen LogP contribution in [0.1, 0.15) is 32.3 Å². The highest BCUT2D eigenvalue weighted by molar-refractivity contribution is 7.98. The highest BCUT2D eigenvalue weighted by Crippen LogP contribution is 2.25. The minimum absolute atomic E-state index is 0.430. The van der Waals surface area contributed by atoms with Gasteiger partial charge in [0.05, 0.1) is 0 Å². The van der Waals surface area contributed by atoms with Crippen molar-refractivity contribution in [2.75, 3.05) is 19.3 Å². The minimum atomic E-state index is 0.430. The largest absolute Gasteiger partial charge is 0.278 e. The third-order valence-corrected chi connectivity index (χ3v) is 2.94. The van der Waals surface area contributed by atoms with Gasteiger partial charge in [0.15, 0.2) is 5.82 Å². The van der Waals surface area contributed by atoms with Crippen LogP contribution in [0.25, 0.3) is 0 Å². The number of aromatic amines is 1. The van der Waals surface area contributed by atoms with E-state index in [0.717, 1.165) is 25.9 Å². The molecule has 1 aromatic heterocycles. The molecule has 0 aromatic carbocycles. The average Bonchev–Trinajstić information content (AvgIpc) is 2.78. The van der Waals surface area contributed by atoms with Gasteiger partial charge in [0.2, 0.25) is 0 Å². The molecule has 1 aromatic rings. The van der Waals surface area contributed by atoms with Crippen LogP contribution >= 0.6 is 11.8 Å². The molecule has 7 heteroatoms. The average molecular weight is 266 g/mol. The predicted molar refractivity (Wildman–Crippen MR) is 71.8 cm³/mol. The number of H-pyrrole nitrogens is 1. The summed E-state index contributed by atoms with van der Waals surface area (Å²) in [5.41, 5.74) is 0.458. The summed E-state index contributed by atoms with van der Waals surface area (Å²) in [6, 6.07) is 2.10. The maximum Gasteiger partial charge on any atom is 0.191 e. The van der Waals surface area contributed by atoms with Crippen LogP contribution < -0.4 is 0 Å².